The Kier molecular flexibility index (Phi) is 19.0. The van der Waals surface area contributed by atoms with Crippen LogP contribution in [-0.4, -0.2) is 108 Å². The largest absolute Gasteiger partial charge is 0.474 e. The molecule has 4 aliphatic rings. The molecular formula is C48H59BrF6N8O6. The number of piperazine rings is 2. The number of benzene rings is 2. The number of rotatable bonds is 11. The maximum Gasteiger partial charge on any atom is 0.423 e. The number of nitro benzene ring substituents is 2. The maximum atomic E-state index is 13.3. The number of nitro groups is 2. The summed E-state index contributed by atoms with van der Waals surface area (Å²) in [6.45, 7) is 8.59. The maximum absolute atomic E-state index is 13.3. The monoisotopic (exact) mass is 1040 g/mol. The zero-order valence-corrected chi connectivity index (χ0v) is 40.3. The lowest BCUT2D eigenvalue weighted by molar-refractivity contribution is -0.388. The van der Waals surface area contributed by atoms with Crippen LogP contribution >= 0.6 is 15.9 Å². The highest BCUT2D eigenvalue weighted by Crippen LogP contribution is 2.40. The first-order valence-electron chi connectivity index (χ1n) is 23.3. The molecule has 69 heavy (non-hydrogen) atoms. The minimum atomic E-state index is -4.75. The summed E-state index contributed by atoms with van der Waals surface area (Å²) in [6.07, 6.45) is -2.08. The van der Waals surface area contributed by atoms with Gasteiger partial charge >= 0.3 is 12.4 Å². The number of anilines is 1. The Hall–Kier alpha value is -5.12. The lowest BCUT2D eigenvalue weighted by Gasteiger charge is -2.33. The van der Waals surface area contributed by atoms with Gasteiger partial charge in [0.15, 0.2) is 0 Å². The Labute approximate surface area is 406 Å². The second-order valence-electron chi connectivity index (χ2n) is 18.1. The van der Waals surface area contributed by atoms with Gasteiger partial charge in [0.05, 0.1) is 9.85 Å². The molecule has 0 atom stereocenters. The lowest BCUT2D eigenvalue weighted by Crippen LogP contribution is -2.44. The minimum absolute atomic E-state index is 0.0223. The van der Waals surface area contributed by atoms with Gasteiger partial charge in [0.2, 0.25) is 11.8 Å². The van der Waals surface area contributed by atoms with E-state index in [1.54, 1.807) is 6.07 Å². The van der Waals surface area contributed by atoms with Crippen LogP contribution in [0, 0.1) is 32.1 Å². The molecule has 4 fully saturated rings. The Bertz CT molecular complexity index is 2300. The van der Waals surface area contributed by atoms with Crippen molar-refractivity contribution in [2.24, 2.45) is 11.8 Å². The highest BCUT2D eigenvalue weighted by Gasteiger charge is 2.40. The molecule has 4 aromatic rings. The van der Waals surface area contributed by atoms with E-state index in [-0.39, 0.29) is 24.0 Å². The van der Waals surface area contributed by atoms with E-state index in [0.29, 0.717) is 40.3 Å². The summed E-state index contributed by atoms with van der Waals surface area (Å²) in [5, 5.41) is 25.1. The molecular weight excluding hydrogens is 978 g/mol. The number of aromatic nitrogens is 2. The molecule has 21 heteroatoms. The summed E-state index contributed by atoms with van der Waals surface area (Å²) in [5.41, 5.74) is -3.24. The van der Waals surface area contributed by atoms with E-state index < -0.39 is 44.7 Å². The van der Waals surface area contributed by atoms with Crippen molar-refractivity contribution in [2.45, 2.75) is 88.8 Å². The number of alkyl halides is 6. The van der Waals surface area contributed by atoms with Gasteiger partial charge in [-0.1, -0.05) is 24.3 Å². The summed E-state index contributed by atoms with van der Waals surface area (Å²) in [4.78, 5) is 35.6. The van der Waals surface area contributed by atoms with Gasteiger partial charge in [-0.05, 0) is 141 Å². The van der Waals surface area contributed by atoms with Gasteiger partial charge in [0.25, 0.3) is 11.4 Å². The smallest absolute Gasteiger partial charge is 0.423 e. The first-order valence-corrected chi connectivity index (χ1v) is 24.0. The zero-order chi connectivity index (χ0) is 49.7. The Morgan fingerprint density at radius 1 is 0.623 bits per heavy atom. The molecule has 1 N–H and O–H groups in total. The van der Waals surface area contributed by atoms with E-state index in [1.165, 1.54) is 25.2 Å². The first kappa shape index (κ1) is 53.2. The number of ether oxygens (including phenoxy) is 2. The van der Waals surface area contributed by atoms with Crippen LogP contribution in [0.1, 0.15) is 73.6 Å². The van der Waals surface area contributed by atoms with Crippen molar-refractivity contribution in [3.63, 3.8) is 0 Å². The van der Waals surface area contributed by atoms with Crippen molar-refractivity contribution >= 4 is 33.1 Å². The minimum Gasteiger partial charge on any atom is -0.474 e. The van der Waals surface area contributed by atoms with Gasteiger partial charge in [-0.2, -0.15) is 31.3 Å². The molecule has 0 radical (unpaired) electrons. The van der Waals surface area contributed by atoms with E-state index in [9.17, 15) is 46.6 Å². The van der Waals surface area contributed by atoms with Gasteiger partial charge in [-0.25, -0.2) is 4.98 Å². The summed E-state index contributed by atoms with van der Waals surface area (Å²) in [7, 11) is 4.26. The van der Waals surface area contributed by atoms with Crippen molar-refractivity contribution in [3.05, 3.63) is 120 Å². The molecule has 376 valence electrons. The number of nitrogens with zero attached hydrogens (tertiary/aromatic N) is 7. The number of hydrogen-bond donors (Lipinski definition) is 1. The molecule has 2 saturated carbocycles. The van der Waals surface area contributed by atoms with Gasteiger partial charge in [-0.3, -0.25) is 20.2 Å². The molecule has 14 nitrogen and oxygen atoms in total. The molecule has 2 aliphatic heterocycles. The second-order valence-corrected chi connectivity index (χ2v) is 18.9. The number of pyridine rings is 2. The highest BCUT2D eigenvalue weighted by atomic mass is 79.9. The van der Waals surface area contributed by atoms with E-state index in [0.717, 1.165) is 121 Å². The normalized spacial score (nSPS) is 21.5. The summed E-state index contributed by atoms with van der Waals surface area (Å²) in [5.74, 6) is 2.50. The topological polar surface area (TPSA) is 152 Å². The fourth-order valence-corrected chi connectivity index (χ4v) is 9.35. The standard InChI is InChI=1S/C24H29F3N4O3.C19H18BrF3N2O3.C5H12N2/c1-29-11-13-30(14-12-29)22-3-2-4-23(28-22)34-19-8-5-17(6-9-19)15-18-7-10-21(31(32)33)20(16-18)24(25,26)27;20-17-2-1-3-18(24-17)28-14-7-4-12(5-8-14)10-13-6-9-16(25(26)27)15(11-13)19(21,22)23;1-7-4-2-6-3-5-7/h2-4,7,10,16-17,19H,5-6,8-9,11-15H2,1H3;1-3,6,9,11-12,14H,4-5,7-8,10H2;6H,2-5H2,1H3. The molecule has 4 heterocycles. The third-order valence-electron chi connectivity index (χ3n) is 12.9. The van der Waals surface area contributed by atoms with E-state index in [4.69, 9.17) is 9.47 Å². The molecule has 0 spiro atoms. The van der Waals surface area contributed by atoms with Gasteiger partial charge in [0, 0.05) is 76.6 Å². The van der Waals surface area contributed by atoms with E-state index in [2.05, 4.69) is 60.0 Å². The van der Waals surface area contributed by atoms with E-state index in [1.807, 2.05) is 30.3 Å². The van der Waals surface area contributed by atoms with Crippen molar-refractivity contribution in [2.75, 3.05) is 71.4 Å². The molecule has 2 saturated heterocycles. The van der Waals surface area contributed by atoms with Gasteiger partial charge in [0.1, 0.15) is 33.8 Å². The molecule has 8 rings (SSSR count). The molecule has 2 aromatic carbocycles. The van der Waals surface area contributed by atoms with Crippen LogP contribution in [-0.2, 0) is 25.2 Å². The molecule has 2 aromatic heterocycles. The van der Waals surface area contributed by atoms with Crippen LogP contribution in [0.25, 0.3) is 0 Å². The van der Waals surface area contributed by atoms with Crippen molar-refractivity contribution in [1.29, 1.82) is 0 Å². The Morgan fingerprint density at radius 3 is 1.46 bits per heavy atom. The van der Waals surface area contributed by atoms with Gasteiger partial charge in [-0.15, -0.1) is 0 Å². The summed E-state index contributed by atoms with van der Waals surface area (Å²) in [6, 6.07) is 17.8. The second kappa shape index (κ2) is 24.6. The lowest BCUT2D eigenvalue weighted by atomic mass is 9.83. The van der Waals surface area contributed by atoms with Crippen LogP contribution in [0.15, 0.2) is 77.4 Å². The molecule has 0 bridgehead atoms. The van der Waals surface area contributed by atoms with Crippen LogP contribution in [0.2, 0.25) is 0 Å². The Balaban J connectivity index is 0.000000201. The fourth-order valence-electron chi connectivity index (χ4n) is 9.02. The number of hydrogen-bond acceptors (Lipinski definition) is 12. The van der Waals surface area contributed by atoms with Crippen molar-refractivity contribution < 1.29 is 45.7 Å². The van der Waals surface area contributed by atoms with Crippen LogP contribution in [0.3, 0.4) is 0 Å². The van der Waals surface area contributed by atoms with Crippen LogP contribution < -0.4 is 19.7 Å². The predicted molar refractivity (Wildman–Crippen MR) is 253 cm³/mol. The Morgan fingerprint density at radius 2 is 1.06 bits per heavy atom. The van der Waals surface area contributed by atoms with Crippen LogP contribution in [0.5, 0.6) is 11.8 Å². The molecule has 2 aliphatic carbocycles. The number of likely N-dealkylation sites (N-methyl/N-ethyl adjacent to an activating group) is 2. The molecule has 0 amide bonds. The van der Waals surface area contributed by atoms with Gasteiger partial charge < -0.3 is 29.5 Å². The molecule has 0 unspecified atom stereocenters. The quantitative estimate of drug-likeness (QED) is 0.0659. The highest BCUT2D eigenvalue weighted by molar-refractivity contribution is 9.10. The fraction of sp³-hybridized carbons (Fsp3) is 0.542. The third-order valence-corrected chi connectivity index (χ3v) is 13.3. The SMILES string of the molecule is CN1CCN(c2cccc(OC3CCC(Cc4ccc([N+](=O)[O-])c(C(F)(F)F)c4)CC3)n2)CC1.CN1CCNCC1.O=[N+]([O-])c1ccc(CC2CCC(Oc3cccc(Br)n3)CC2)cc1C(F)(F)F. The first-order chi connectivity index (χ1) is 32.8. The average Bonchev–Trinajstić information content (AvgIpc) is 3.31. The third kappa shape index (κ3) is 16.5. The van der Waals surface area contributed by atoms with Crippen molar-refractivity contribution in [1.82, 2.24) is 25.1 Å². The zero-order valence-electron chi connectivity index (χ0n) is 38.7. The summed E-state index contributed by atoms with van der Waals surface area (Å²) >= 11 is 3.29. The van der Waals surface area contributed by atoms with E-state index >= 15 is 0 Å². The van der Waals surface area contributed by atoms with Crippen molar-refractivity contribution in [3.8, 4) is 11.8 Å². The number of halogens is 7. The average molecular weight is 1040 g/mol. The summed E-state index contributed by atoms with van der Waals surface area (Å²) < 4.78 is 91.9. The van der Waals surface area contributed by atoms with Crippen LogP contribution in [0.4, 0.5) is 43.5 Å². The predicted octanol–water partition coefficient (Wildman–Crippen LogP) is 10.4. The number of nitrogens with one attached hydrogen (secondary N) is 1.